The second-order valence-electron chi connectivity index (χ2n) is 3.13. The van der Waals surface area contributed by atoms with E-state index in [2.05, 4.69) is 0 Å². The third-order valence-electron chi connectivity index (χ3n) is 2.20. The fourth-order valence-electron chi connectivity index (χ4n) is 1.50. The van der Waals surface area contributed by atoms with Gasteiger partial charge in [-0.15, -0.1) is 0 Å². The Morgan fingerprint density at radius 1 is 1.09 bits per heavy atom. The molecule has 66 valence electrons. The SMILES string of the molecule is OC[C@@H]1C[C@@H](O)C[C@H](O)[C@@H]1O. The van der Waals surface area contributed by atoms with E-state index in [1.54, 1.807) is 0 Å². The lowest BCUT2D eigenvalue weighted by molar-refractivity contribution is -0.0944. The zero-order valence-electron chi connectivity index (χ0n) is 6.22. The minimum atomic E-state index is -0.893. The zero-order valence-corrected chi connectivity index (χ0v) is 6.22. The van der Waals surface area contributed by atoms with Gasteiger partial charge >= 0.3 is 0 Å². The molecule has 0 aromatic heterocycles. The van der Waals surface area contributed by atoms with E-state index in [4.69, 9.17) is 15.3 Å². The highest BCUT2D eigenvalue weighted by molar-refractivity contribution is 4.85. The molecule has 4 atom stereocenters. The van der Waals surface area contributed by atoms with Crippen LogP contribution in [-0.2, 0) is 0 Å². The number of aliphatic hydroxyl groups excluding tert-OH is 4. The molecule has 0 spiro atoms. The van der Waals surface area contributed by atoms with Crippen LogP contribution in [0.2, 0.25) is 0 Å². The highest BCUT2D eigenvalue weighted by Crippen LogP contribution is 2.24. The molecule has 1 saturated carbocycles. The Labute approximate surface area is 65.1 Å². The maximum atomic E-state index is 9.23. The van der Waals surface area contributed by atoms with Gasteiger partial charge in [0.05, 0.1) is 18.3 Å². The Morgan fingerprint density at radius 3 is 2.27 bits per heavy atom. The Bertz CT molecular complexity index is 128. The molecule has 0 saturated heterocycles. The van der Waals surface area contributed by atoms with Crippen molar-refractivity contribution in [2.45, 2.75) is 31.2 Å². The smallest absolute Gasteiger partial charge is 0.0851 e. The van der Waals surface area contributed by atoms with Gasteiger partial charge in [-0.2, -0.15) is 0 Å². The molecule has 0 radical (unpaired) electrons. The molecule has 4 heteroatoms. The van der Waals surface area contributed by atoms with Crippen molar-refractivity contribution in [2.75, 3.05) is 6.61 Å². The molecular formula is C7H14O4. The molecular weight excluding hydrogens is 148 g/mol. The van der Waals surface area contributed by atoms with Gasteiger partial charge in [0.2, 0.25) is 0 Å². The summed E-state index contributed by atoms with van der Waals surface area (Å²) in [6.07, 6.45) is -1.79. The van der Waals surface area contributed by atoms with Gasteiger partial charge in [-0.1, -0.05) is 0 Å². The lowest BCUT2D eigenvalue weighted by atomic mass is 9.83. The fraction of sp³-hybridized carbons (Fsp3) is 1.00. The number of rotatable bonds is 1. The van der Waals surface area contributed by atoms with E-state index in [0.29, 0.717) is 6.42 Å². The second-order valence-corrected chi connectivity index (χ2v) is 3.13. The van der Waals surface area contributed by atoms with Crippen LogP contribution in [0, 0.1) is 5.92 Å². The van der Waals surface area contributed by atoms with Gasteiger partial charge in [0.25, 0.3) is 0 Å². The van der Waals surface area contributed by atoms with Crippen molar-refractivity contribution in [3.05, 3.63) is 0 Å². The molecule has 11 heavy (non-hydrogen) atoms. The van der Waals surface area contributed by atoms with Crippen molar-refractivity contribution in [2.24, 2.45) is 5.92 Å². The molecule has 0 aromatic carbocycles. The summed E-state index contributed by atoms with van der Waals surface area (Å²) in [5, 5.41) is 36.2. The monoisotopic (exact) mass is 162 g/mol. The summed E-state index contributed by atoms with van der Waals surface area (Å²) >= 11 is 0. The average molecular weight is 162 g/mol. The van der Waals surface area contributed by atoms with Crippen LogP contribution in [0.3, 0.4) is 0 Å². The molecule has 1 rings (SSSR count). The molecule has 1 aliphatic carbocycles. The summed E-state index contributed by atoms with van der Waals surface area (Å²) < 4.78 is 0. The third kappa shape index (κ3) is 1.90. The van der Waals surface area contributed by atoms with E-state index < -0.39 is 18.3 Å². The van der Waals surface area contributed by atoms with Crippen molar-refractivity contribution >= 4 is 0 Å². The van der Waals surface area contributed by atoms with E-state index >= 15 is 0 Å². The second kappa shape index (κ2) is 3.49. The molecule has 0 amide bonds. The highest BCUT2D eigenvalue weighted by Gasteiger charge is 2.34. The largest absolute Gasteiger partial charge is 0.396 e. The van der Waals surface area contributed by atoms with Crippen molar-refractivity contribution < 1.29 is 20.4 Å². The zero-order chi connectivity index (χ0) is 8.43. The molecule has 0 bridgehead atoms. The van der Waals surface area contributed by atoms with E-state index in [9.17, 15) is 5.11 Å². The predicted octanol–water partition coefficient (Wildman–Crippen LogP) is -1.53. The van der Waals surface area contributed by atoms with Gasteiger partial charge < -0.3 is 20.4 Å². The molecule has 0 aromatic rings. The summed E-state index contributed by atoms with van der Waals surface area (Å²) in [4.78, 5) is 0. The topological polar surface area (TPSA) is 80.9 Å². The van der Waals surface area contributed by atoms with Gasteiger partial charge in [-0.25, -0.2) is 0 Å². The minimum absolute atomic E-state index is 0.185. The number of hydrogen-bond donors (Lipinski definition) is 4. The third-order valence-corrected chi connectivity index (χ3v) is 2.20. The van der Waals surface area contributed by atoms with Crippen LogP contribution in [-0.4, -0.2) is 45.3 Å². The Hall–Kier alpha value is -0.160. The van der Waals surface area contributed by atoms with Gasteiger partial charge in [0.1, 0.15) is 0 Å². The van der Waals surface area contributed by atoms with Crippen molar-refractivity contribution in [1.29, 1.82) is 0 Å². The first-order chi connectivity index (χ1) is 5.15. The molecule has 4 N–H and O–H groups in total. The normalized spacial score (nSPS) is 45.8. The number of aliphatic hydroxyl groups is 4. The van der Waals surface area contributed by atoms with Crippen LogP contribution in [0.25, 0.3) is 0 Å². The molecule has 0 aliphatic heterocycles. The summed E-state index contributed by atoms with van der Waals surface area (Å²) in [5.41, 5.74) is 0. The first-order valence-corrected chi connectivity index (χ1v) is 3.80. The van der Waals surface area contributed by atoms with Crippen LogP contribution in [0.5, 0.6) is 0 Å². The molecule has 1 fully saturated rings. The lowest BCUT2D eigenvalue weighted by Gasteiger charge is -2.33. The van der Waals surface area contributed by atoms with Crippen LogP contribution >= 0.6 is 0 Å². The van der Waals surface area contributed by atoms with Crippen LogP contribution in [0.1, 0.15) is 12.8 Å². The van der Waals surface area contributed by atoms with Gasteiger partial charge in [0, 0.05) is 18.9 Å². The molecule has 1 aliphatic rings. The standard InChI is InChI=1S/C7H14O4/c8-3-4-1-5(9)2-6(10)7(4)11/h4-11H,1-3H2/t4-,5+,6-,7+/m0/s1. The molecule has 4 nitrogen and oxygen atoms in total. The van der Waals surface area contributed by atoms with Gasteiger partial charge in [-0.05, 0) is 6.42 Å². The highest BCUT2D eigenvalue weighted by atomic mass is 16.3. The van der Waals surface area contributed by atoms with E-state index in [0.717, 1.165) is 0 Å². The van der Waals surface area contributed by atoms with Gasteiger partial charge in [0.15, 0.2) is 0 Å². The van der Waals surface area contributed by atoms with Crippen molar-refractivity contribution in [3.8, 4) is 0 Å². The Morgan fingerprint density at radius 2 is 1.73 bits per heavy atom. The first kappa shape index (κ1) is 8.93. The van der Waals surface area contributed by atoms with E-state index in [1.165, 1.54) is 0 Å². The van der Waals surface area contributed by atoms with E-state index in [-0.39, 0.29) is 18.9 Å². The minimum Gasteiger partial charge on any atom is -0.396 e. The van der Waals surface area contributed by atoms with Crippen molar-refractivity contribution in [3.63, 3.8) is 0 Å². The van der Waals surface area contributed by atoms with Crippen LogP contribution < -0.4 is 0 Å². The maximum Gasteiger partial charge on any atom is 0.0851 e. The Kier molecular flexibility index (Phi) is 2.84. The summed E-state index contributed by atoms with van der Waals surface area (Å²) in [6.45, 7) is -0.185. The molecule has 0 heterocycles. The Balaban J connectivity index is 2.51. The van der Waals surface area contributed by atoms with Crippen molar-refractivity contribution in [1.82, 2.24) is 0 Å². The summed E-state index contributed by atoms with van der Waals surface area (Å²) in [5.74, 6) is -0.381. The van der Waals surface area contributed by atoms with Gasteiger partial charge in [-0.3, -0.25) is 0 Å². The lowest BCUT2D eigenvalue weighted by Crippen LogP contribution is -2.44. The van der Waals surface area contributed by atoms with Crippen LogP contribution in [0.15, 0.2) is 0 Å². The molecule has 0 unspecified atom stereocenters. The first-order valence-electron chi connectivity index (χ1n) is 3.80. The summed E-state index contributed by atoms with van der Waals surface area (Å²) in [7, 11) is 0. The predicted molar refractivity (Wildman–Crippen MR) is 37.8 cm³/mol. The fourth-order valence-corrected chi connectivity index (χ4v) is 1.50. The maximum absolute atomic E-state index is 9.23. The van der Waals surface area contributed by atoms with Crippen LogP contribution in [0.4, 0.5) is 0 Å². The average Bonchev–Trinajstić information content (AvgIpc) is 1.96. The number of hydrogen-bond acceptors (Lipinski definition) is 4. The summed E-state index contributed by atoms with van der Waals surface area (Å²) in [6, 6.07) is 0. The van der Waals surface area contributed by atoms with E-state index in [1.807, 2.05) is 0 Å². The quantitative estimate of drug-likeness (QED) is 0.377.